The maximum Gasteiger partial charge on any atom is 0.264 e. The molecule has 1 aliphatic carbocycles. The van der Waals surface area contributed by atoms with Crippen LogP contribution in [0.25, 0.3) is 0 Å². The Labute approximate surface area is 293 Å². The van der Waals surface area contributed by atoms with E-state index in [2.05, 4.69) is 5.32 Å². The first-order valence-electron chi connectivity index (χ1n) is 16.3. The lowest BCUT2D eigenvalue weighted by atomic mass is 10.0. The topological polar surface area (TPSA) is 105 Å². The molecule has 1 aliphatic rings. The molecule has 4 aromatic rings. The molecule has 1 N–H and O–H groups in total. The van der Waals surface area contributed by atoms with Gasteiger partial charge >= 0.3 is 0 Å². The highest BCUT2D eigenvalue weighted by molar-refractivity contribution is 7.92. The molecule has 0 spiro atoms. The van der Waals surface area contributed by atoms with Crippen molar-refractivity contribution in [3.05, 3.63) is 119 Å². The van der Waals surface area contributed by atoms with Crippen molar-refractivity contribution >= 4 is 39.1 Å². The number of methoxy groups -OCH3 is 2. The summed E-state index contributed by atoms with van der Waals surface area (Å²) in [6.45, 7) is 1.25. The van der Waals surface area contributed by atoms with Gasteiger partial charge in [-0.25, -0.2) is 8.42 Å². The highest BCUT2D eigenvalue weighted by Crippen LogP contribution is 2.36. The van der Waals surface area contributed by atoms with Crippen molar-refractivity contribution in [1.82, 2.24) is 10.2 Å². The number of aryl methyl sites for hydroxylation is 1. The average molecular weight is 704 g/mol. The molecule has 4 aromatic carbocycles. The second-order valence-corrected chi connectivity index (χ2v) is 14.5. The molecule has 0 heterocycles. The molecule has 5 rings (SSSR count). The number of carbonyl (C=O) groups excluding carboxylic acids is 2. The van der Waals surface area contributed by atoms with Crippen LogP contribution in [0.1, 0.15) is 42.4 Å². The lowest BCUT2D eigenvalue weighted by molar-refractivity contribution is -0.140. The highest BCUT2D eigenvalue weighted by atomic mass is 35.5. The van der Waals surface area contributed by atoms with Gasteiger partial charge in [0.1, 0.15) is 24.1 Å². The van der Waals surface area contributed by atoms with Gasteiger partial charge in [0.05, 0.1) is 24.8 Å². The van der Waals surface area contributed by atoms with Gasteiger partial charge in [0.2, 0.25) is 11.8 Å². The summed E-state index contributed by atoms with van der Waals surface area (Å²) in [7, 11) is -1.43. The summed E-state index contributed by atoms with van der Waals surface area (Å²) in [6.07, 6.45) is 3.99. The van der Waals surface area contributed by atoms with Crippen molar-refractivity contribution < 1.29 is 27.5 Å². The van der Waals surface area contributed by atoms with Gasteiger partial charge in [-0.3, -0.25) is 13.9 Å². The van der Waals surface area contributed by atoms with Gasteiger partial charge in [0.15, 0.2) is 0 Å². The number of nitrogens with zero attached hydrogens (tertiary/aromatic N) is 2. The number of anilines is 1. The van der Waals surface area contributed by atoms with E-state index in [-0.39, 0.29) is 41.2 Å². The molecule has 0 unspecified atom stereocenters. The fourth-order valence-corrected chi connectivity index (χ4v) is 7.73. The lowest BCUT2D eigenvalue weighted by Crippen LogP contribution is -2.54. The van der Waals surface area contributed by atoms with Crippen molar-refractivity contribution in [2.45, 2.75) is 62.6 Å². The largest absolute Gasteiger partial charge is 0.497 e. The summed E-state index contributed by atoms with van der Waals surface area (Å²) in [4.78, 5) is 30.5. The van der Waals surface area contributed by atoms with Crippen LogP contribution >= 0.6 is 11.6 Å². The number of amides is 2. The van der Waals surface area contributed by atoms with Crippen molar-refractivity contribution in [2.24, 2.45) is 0 Å². The van der Waals surface area contributed by atoms with E-state index in [4.69, 9.17) is 21.1 Å². The molecule has 0 bridgehead atoms. The Morgan fingerprint density at radius 2 is 1.57 bits per heavy atom. The van der Waals surface area contributed by atoms with E-state index < -0.39 is 28.5 Å². The maximum atomic E-state index is 14.8. The van der Waals surface area contributed by atoms with Crippen LogP contribution in [0.5, 0.6) is 11.5 Å². The van der Waals surface area contributed by atoms with E-state index in [1.165, 1.54) is 37.3 Å². The third-order valence-corrected chi connectivity index (χ3v) is 10.8. The molecule has 0 aliphatic heterocycles. The number of benzene rings is 4. The van der Waals surface area contributed by atoms with E-state index >= 15 is 0 Å². The Kier molecular flexibility index (Phi) is 11.9. The number of ether oxygens (including phenoxy) is 2. The number of halogens is 1. The Morgan fingerprint density at radius 3 is 2.22 bits per heavy atom. The van der Waals surface area contributed by atoms with Crippen LogP contribution in [-0.2, 0) is 32.6 Å². The molecule has 258 valence electrons. The standard InChI is InChI=1S/C38H42ClN3O6S/c1-27-16-19-33(20-17-27)49(45,46)42(34-24-32(47-2)18-21-36(34)48-3)26-37(43)41(25-29-12-9-13-30(39)22-29)35(23-28-10-5-4-6-11-28)38(44)40-31-14-7-8-15-31/h4-6,9-13,16-22,24,31,35H,7-8,14-15,23,25-26H2,1-3H3,(H,40,44)/t35-/m1/s1. The molecule has 0 radical (unpaired) electrons. The predicted octanol–water partition coefficient (Wildman–Crippen LogP) is 6.56. The number of carbonyl (C=O) groups is 2. The van der Waals surface area contributed by atoms with Gasteiger partial charge in [-0.05, 0) is 67.3 Å². The highest BCUT2D eigenvalue weighted by Gasteiger charge is 2.36. The van der Waals surface area contributed by atoms with E-state index in [9.17, 15) is 18.0 Å². The van der Waals surface area contributed by atoms with E-state index in [1.54, 1.807) is 42.5 Å². The zero-order valence-electron chi connectivity index (χ0n) is 28.0. The fraction of sp³-hybridized carbons (Fsp3) is 0.316. The second kappa shape index (κ2) is 16.2. The number of hydrogen-bond acceptors (Lipinski definition) is 6. The van der Waals surface area contributed by atoms with Gasteiger partial charge in [0.25, 0.3) is 10.0 Å². The maximum absolute atomic E-state index is 14.8. The third-order valence-electron chi connectivity index (χ3n) is 8.76. The van der Waals surface area contributed by atoms with Crippen LogP contribution in [-0.4, -0.2) is 58.0 Å². The molecule has 1 atom stereocenters. The van der Waals surface area contributed by atoms with Crippen molar-refractivity contribution in [2.75, 3.05) is 25.1 Å². The quantitative estimate of drug-likeness (QED) is 0.160. The summed E-state index contributed by atoms with van der Waals surface area (Å²) in [6, 6.07) is 26.8. The van der Waals surface area contributed by atoms with Crippen LogP contribution in [0.2, 0.25) is 5.02 Å². The number of sulfonamides is 1. The van der Waals surface area contributed by atoms with Crippen LogP contribution in [0, 0.1) is 6.92 Å². The van der Waals surface area contributed by atoms with Gasteiger partial charge < -0.3 is 19.7 Å². The zero-order valence-corrected chi connectivity index (χ0v) is 29.5. The number of hydrogen-bond donors (Lipinski definition) is 1. The molecular formula is C38H42ClN3O6S. The first-order chi connectivity index (χ1) is 23.6. The van der Waals surface area contributed by atoms with Gasteiger partial charge in [-0.15, -0.1) is 0 Å². The average Bonchev–Trinajstić information content (AvgIpc) is 3.62. The van der Waals surface area contributed by atoms with Crippen LogP contribution in [0.4, 0.5) is 5.69 Å². The van der Waals surface area contributed by atoms with Crippen LogP contribution in [0.15, 0.2) is 102 Å². The second-order valence-electron chi connectivity index (χ2n) is 12.2. The summed E-state index contributed by atoms with van der Waals surface area (Å²) < 4.78 is 41.0. The molecule has 49 heavy (non-hydrogen) atoms. The smallest absolute Gasteiger partial charge is 0.264 e. The lowest BCUT2D eigenvalue weighted by Gasteiger charge is -2.34. The van der Waals surface area contributed by atoms with E-state index in [1.807, 2.05) is 43.3 Å². The van der Waals surface area contributed by atoms with Gasteiger partial charge in [0, 0.05) is 30.1 Å². The van der Waals surface area contributed by atoms with Gasteiger partial charge in [-0.2, -0.15) is 0 Å². The minimum atomic E-state index is -4.33. The molecule has 0 saturated heterocycles. The van der Waals surface area contributed by atoms with E-state index in [0.29, 0.717) is 16.3 Å². The van der Waals surface area contributed by atoms with E-state index in [0.717, 1.165) is 41.1 Å². The monoisotopic (exact) mass is 703 g/mol. The Bertz CT molecular complexity index is 1850. The Balaban J connectivity index is 1.62. The molecule has 2 amide bonds. The first kappa shape index (κ1) is 35.8. The Morgan fingerprint density at radius 1 is 0.878 bits per heavy atom. The molecule has 0 aromatic heterocycles. The van der Waals surface area contributed by atoms with Crippen molar-refractivity contribution in [3.8, 4) is 11.5 Å². The SMILES string of the molecule is COc1ccc(OC)c(N(CC(=O)N(Cc2cccc(Cl)c2)[C@H](Cc2ccccc2)C(=O)NC2CCCC2)S(=O)(=O)c2ccc(C)cc2)c1. The van der Waals surface area contributed by atoms with Crippen molar-refractivity contribution in [1.29, 1.82) is 0 Å². The minimum absolute atomic E-state index is 0.00280. The minimum Gasteiger partial charge on any atom is -0.497 e. The van der Waals surface area contributed by atoms with Crippen molar-refractivity contribution in [3.63, 3.8) is 0 Å². The van der Waals surface area contributed by atoms with Gasteiger partial charge in [-0.1, -0.05) is 84.6 Å². The van der Waals surface area contributed by atoms with Crippen LogP contribution in [0.3, 0.4) is 0 Å². The summed E-state index contributed by atoms with van der Waals surface area (Å²) >= 11 is 6.36. The zero-order chi connectivity index (χ0) is 35.0. The third kappa shape index (κ3) is 8.93. The summed E-state index contributed by atoms with van der Waals surface area (Å²) in [5.41, 5.74) is 2.55. The first-order valence-corrected chi connectivity index (χ1v) is 18.1. The molecule has 11 heteroatoms. The van der Waals surface area contributed by atoms with Crippen LogP contribution < -0.4 is 19.1 Å². The Hall–Kier alpha value is -4.54. The normalized spacial score (nSPS) is 13.8. The summed E-state index contributed by atoms with van der Waals surface area (Å²) in [5.74, 6) is -0.271. The predicted molar refractivity (Wildman–Crippen MR) is 192 cm³/mol. The molecule has 9 nitrogen and oxygen atoms in total. The molecule has 1 fully saturated rings. The number of rotatable bonds is 14. The molecule has 1 saturated carbocycles. The summed E-state index contributed by atoms with van der Waals surface area (Å²) in [5, 5.41) is 3.66. The fourth-order valence-electron chi connectivity index (χ4n) is 6.10. The number of nitrogens with one attached hydrogen (secondary N) is 1. The molecular weight excluding hydrogens is 662 g/mol.